The van der Waals surface area contributed by atoms with E-state index in [1.165, 1.54) is 5.56 Å². The fourth-order valence-corrected chi connectivity index (χ4v) is 3.15. The van der Waals surface area contributed by atoms with Crippen molar-refractivity contribution < 1.29 is 0 Å². The monoisotopic (exact) mass is 281 g/mol. The Kier molecular flexibility index (Phi) is 4.48. The molecular weight excluding hydrogens is 262 g/mol. The molecule has 0 radical (unpaired) electrons. The van der Waals surface area contributed by atoms with Crippen LogP contribution in [0, 0.1) is 0 Å². The molecule has 2 rings (SSSR count). The predicted molar refractivity (Wildman–Crippen MR) is 79.3 cm³/mol. The lowest BCUT2D eigenvalue weighted by atomic mass is 10.1. The Morgan fingerprint density at radius 3 is 2.78 bits per heavy atom. The number of hydrogen-bond acceptors (Lipinski definition) is 5. The zero-order valence-electron chi connectivity index (χ0n) is 11.1. The van der Waals surface area contributed by atoms with Crippen LogP contribution in [-0.2, 0) is 6.42 Å². The highest BCUT2D eigenvalue weighted by Crippen LogP contribution is 2.25. The van der Waals surface area contributed by atoms with Gasteiger partial charge in [0, 0.05) is 22.9 Å². The van der Waals surface area contributed by atoms with E-state index in [4.69, 9.17) is 0 Å². The van der Waals surface area contributed by atoms with E-state index in [1.54, 1.807) is 22.7 Å². The largest absolute Gasteiger partial charge is 0.312 e. The molecular formula is C13H19N3S2. The number of nitrogens with zero attached hydrogens (tertiary/aromatic N) is 2. The van der Waals surface area contributed by atoms with Crippen molar-refractivity contribution in [3.8, 4) is 10.6 Å². The Bertz CT molecular complexity index is 469. The summed E-state index contributed by atoms with van der Waals surface area (Å²) in [5.74, 6) is 0. The average molecular weight is 281 g/mol. The first-order valence-corrected chi connectivity index (χ1v) is 7.90. The molecule has 0 aliphatic rings. The molecule has 0 aliphatic carbocycles. The zero-order chi connectivity index (χ0) is 13.0. The van der Waals surface area contributed by atoms with Crippen molar-refractivity contribution in [1.29, 1.82) is 0 Å². The maximum Gasteiger partial charge on any atom is 0.148 e. The summed E-state index contributed by atoms with van der Waals surface area (Å²) in [5.41, 5.74) is 1.39. The second kappa shape index (κ2) is 5.91. The van der Waals surface area contributed by atoms with Gasteiger partial charge in [-0.2, -0.15) is 11.3 Å². The minimum atomic E-state index is 0.197. The highest BCUT2D eigenvalue weighted by Gasteiger charge is 2.09. The maximum absolute atomic E-state index is 4.25. The van der Waals surface area contributed by atoms with E-state index >= 15 is 0 Å². The Morgan fingerprint density at radius 1 is 1.28 bits per heavy atom. The number of rotatable bonds is 5. The van der Waals surface area contributed by atoms with E-state index in [-0.39, 0.29) is 5.54 Å². The summed E-state index contributed by atoms with van der Waals surface area (Å²) in [4.78, 5) is 0. The molecule has 0 bridgehead atoms. The van der Waals surface area contributed by atoms with E-state index in [2.05, 4.69) is 53.1 Å². The van der Waals surface area contributed by atoms with Gasteiger partial charge < -0.3 is 5.32 Å². The van der Waals surface area contributed by atoms with Crippen LogP contribution in [0.4, 0.5) is 0 Å². The molecule has 0 unspecified atom stereocenters. The van der Waals surface area contributed by atoms with Gasteiger partial charge in [0.2, 0.25) is 0 Å². The predicted octanol–water partition coefficient (Wildman–Crippen LogP) is 3.59. The topological polar surface area (TPSA) is 37.8 Å². The van der Waals surface area contributed by atoms with Crippen LogP contribution in [0.2, 0.25) is 0 Å². The summed E-state index contributed by atoms with van der Waals surface area (Å²) in [6, 6.07) is 2.09. The third-order valence-electron chi connectivity index (χ3n) is 2.46. The van der Waals surface area contributed by atoms with Gasteiger partial charge in [0.15, 0.2) is 0 Å². The fourth-order valence-electron chi connectivity index (χ4n) is 1.56. The smallest absolute Gasteiger partial charge is 0.148 e. The second-order valence-electron chi connectivity index (χ2n) is 5.29. The molecule has 2 aromatic rings. The fraction of sp³-hybridized carbons (Fsp3) is 0.538. The highest BCUT2D eigenvalue weighted by molar-refractivity contribution is 7.15. The first-order chi connectivity index (χ1) is 8.54. The molecule has 0 aliphatic heterocycles. The zero-order valence-corrected chi connectivity index (χ0v) is 12.7. The van der Waals surface area contributed by atoms with Gasteiger partial charge in [-0.3, -0.25) is 0 Å². The van der Waals surface area contributed by atoms with E-state index < -0.39 is 0 Å². The average Bonchev–Trinajstić information content (AvgIpc) is 2.93. The van der Waals surface area contributed by atoms with Gasteiger partial charge in [0.25, 0.3) is 0 Å². The Hall–Kier alpha value is -0.780. The maximum atomic E-state index is 4.25. The minimum Gasteiger partial charge on any atom is -0.312 e. The molecule has 5 heteroatoms. The van der Waals surface area contributed by atoms with Gasteiger partial charge in [0.1, 0.15) is 10.0 Å². The molecule has 0 aromatic carbocycles. The lowest BCUT2D eigenvalue weighted by Crippen LogP contribution is -2.36. The Morgan fingerprint density at radius 2 is 2.11 bits per heavy atom. The van der Waals surface area contributed by atoms with E-state index in [0.29, 0.717) is 0 Å². The number of hydrogen-bond donors (Lipinski definition) is 1. The summed E-state index contributed by atoms with van der Waals surface area (Å²) in [6.45, 7) is 7.59. The van der Waals surface area contributed by atoms with Crippen molar-refractivity contribution >= 4 is 22.7 Å². The van der Waals surface area contributed by atoms with E-state index in [0.717, 1.165) is 29.4 Å². The van der Waals surface area contributed by atoms with Gasteiger partial charge >= 0.3 is 0 Å². The normalized spacial score (nSPS) is 11.9. The van der Waals surface area contributed by atoms with Crippen LogP contribution >= 0.6 is 22.7 Å². The molecule has 98 valence electrons. The van der Waals surface area contributed by atoms with Crippen LogP contribution in [0.5, 0.6) is 0 Å². The van der Waals surface area contributed by atoms with Crippen molar-refractivity contribution in [3.63, 3.8) is 0 Å². The molecule has 0 spiro atoms. The molecule has 18 heavy (non-hydrogen) atoms. The number of aryl methyl sites for hydroxylation is 1. The van der Waals surface area contributed by atoms with Crippen LogP contribution in [0.15, 0.2) is 16.8 Å². The summed E-state index contributed by atoms with van der Waals surface area (Å²) < 4.78 is 0. The van der Waals surface area contributed by atoms with Crippen molar-refractivity contribution in [1.82, 2.24) is 15.5 Å². The second-order valence-corrected chi connectivity index (χ2v) is 7.14. The Labute approximate surface area is 116 Å². The van der Waals surface area contributed by atoms with Gasteiger partial charge in [-0.05, 0) is 45.2 Å². The molecule has 2 heterocycles. The van der Waals surface area contributed by atoms with Crippen LogP contribution in [0.3, 0.4) is 0 Å². The molecule has 0 fully saturated rings. The van der Waals surface area contributed by atoms with Crippen LogP contribution in [-0.4, -0.2) is 22.3 Å². The summed E-state index contributed by atoms with van der Waals surface area (Å²) in [7, 11) is 0. The third-order valence-corrected chi connectivity index (χ3v) is 4.17. The first kappa shape index (κ1) is 13.6. The SMILES string of the molecule is CC(C)(C)NCCCc1nnc(-c2ccsc2)s1. The van der Waals surface area contributed by atoms with E-state index in [9.17, 15) is 0 Å². The molecule has 0 saturated heterocycles. The van der Waals surface area contributed by atoms with Crippen molar-refractivity contribution in [2.75, 3.05) is 6.54 Å². The summed E-state index contributed by atoms with van der Waals surface area (Å²) in [5, 5.41) is 18.3. The summed E-state index contributed by atoms with van der Waals surface area (Å²) >= 11 is 3.40. The molecule has 2 aromatic heterocycles. The lowest BCUT2D eigenvalue weighted by Gasteiger charge is -2.20. The Balaban J connectivity index is 1.81. The molecule has 0 atom stereocenters. The number of aromatic nitrogens is 2. The van der Waals surface area contributed by atoms with Gasteiger partial charge in [-0.15, -0.1) is 10.2 Å². The van der Waals surface area contributed by atoms with Crippen LogP contribution in [0.25, 0.3) is 10.6 Å². The first-order valence-electron chi connectivity index (χ1n) is 6.14. The molecule has 0 saturated carbocycles. The van der Waals surface area contributed by atoms with Gasteiger partial charge in [-0.1, -0.05) is 11.3 Å². The standard InChI is InChI=1S/C13H19N3S2/c1-13(2,3)14-7-4-5-11-15-16-12(18-11)10-6-8-17-9-10/h6,8-9,14H,4-5,7H2,1-3H3. The third kappa shape index (κ3) is 4.15. The quantitative estimate of drug-likeness (QED) is 0.851. The van der Waals surface area contributed by atoms with Crippen LogP contribution < -0.4 is 5.32 Å². The van der Waals surface area contributed by atoms with Gasteiger partial charge in [0.05, 0.1) is 0 Å². The molecule has 0 amide bonds. The number of thiophene rings is 1. The minimum absolute atomic E-state index is 0.197. The number of nitrogens with one attached hydrogen (secondary N) is 1. The van der Waals surface area contributed by atoms with Crippen molar-refractivity contribution in [2.24, 2.45) is 0 Å². The lowest BCUT2D eigenvalue weighted by molar-refractivity contribution is 0.422. The van der Waals surface area contributed by atoms with E-state index in [1.807, 2.05) is 0 Å². The van der Waals surface area contributed by atoms with Crippen LogP contribution in [0.1, 0.15) is 32.2 Å². The highest BCUT2D eigenvalue weighted by atomic mass is 32.1. The summed E-state index contributed by atoms with van der Waals surface area (Å²) in [6.07, 6.45) is 2.11. The molecule has 1 N–H and O–H groups in total. The molecule has 3 nitrogen and oxygen atoms in total. The van der Waals surface area contributed by atoms with Crippen molar-refractivity contribution in [3.05, 3.63) is 21.8 Å². The van der Waals surface area contributed by atoms with Crippen molar-refractivity contribution in [2.45, 2.75) is 39.2 Å². The van der Waals surface area contributed by atoms with Gasteiger partial charge in [-0.25, -0.2) is 0 Å².